The van der Waals surface area contributed by atoms with Gasteiger partial charge in [0.1, 0.15) is 11.2 Å². The van der Waals surface area contributed by atoms with E-state index in [4.69, 9.17) is 32.7 Å². The molecule has 4 N–H and O–H groups in total. The molecule has 2 aromatic carbocycles. The number of amides is 4. The average molecular weight is 678 g/mol. The fourth-order valence-corrected chi connectivity index (χ4v) is 5.25. The molecule has 2 atom stereocenters. The number of hydrogen-bond acceptors (Lipinski definition) is 8. The third-order valence-electron chi connectivity index (χ3n) is 6.80. The van der Waals surface area contributed by atoms with Crippen LogP contribution in [0.4, 0.5) is 30.7 Å². The molecular weight excluding hydrogens is 639 g/mol. The molecule has 0 radical (unpaired) electrons. The van der Waals surface area contributed by atoms with Gasteiger partial charge in [-0.2, -0.15) is 9.58 Å². The topological polar surface area (TPSA) is 164 Å². The molecule has 4 rings (SSSR count). The minimum atomic E-state index is -1.47. The van der Waals surface area contributed by atoms with Gasteiger partial charge in [0.25, 0.3) is 0 Å². The molecule has 3 aromatic rings. The van der Waals surface area contributed by atoms with E-state index < -0.39 is 41.6 Å². The Hall–Kier alpha value is -4.07. The van der Waals surface area contributed by atoms with E-state index in [9.17, 15) is 24.3 Å². The number of imide groups is 1. The van der Waals surface area contributed by atoms with Crippen molar-refractivity contribution in [1.82, 2.24) is 20.4 Å². The zero-order valence-corrected chi connectivity index (χ0v) is 28.0. The Morgan fingerprint density at radius 3 is 2.17 bits per heavy atom. The Balaban J connectivity index is 1.71. The fourth-order valence-electron chi connectivity index (χ4n) is 4.95. The molecule has 248 valence electrons. The lowest BCUT2D eigenvalue weighted by atomic mass is 9.92. The Kier molecular flexibility index (Phi) is 10.4. The maximum Gasteiger partial charge on any atom is 0.432 e. The van der Waals surface area contributed by atoms with Crippen molar-refractivity contribution in [3.05, 3.63) is 52.0 Å². The van der Waals surface area contributed by atoms with Crippen molar-refractivity contribution in [2.75, 3.05) is 16.8 Å². The molecule has 0 unspecified atom stereocenters. The second-order valence-corrected chi connectivity index (χ2v) is 13.7. The van der Waals surface area contributed by atoms with Gasteiger partial charge in [-0.1, -0.05) is 35.7 Å². The van der Waals surface area contributed by atoms with E-state index in [1.807, 2.05) is 0 Å². The number of ether oxygens (including phenoxy) is 2. The lowest BCUT2D eigenvalue weighted by Crippen LogP contribution is -2.47. The normalized spacial score (nSPS) is 16.0. The molecular formula is C31H38Cl2N6O7. The number of anilines is 2. The minimum Gasteiger partial charge on any atom is -0.463 e. The average Bonchev–Trinajstić information content (AvgIpc) is 3.30. The first kappa shape index (κ1) is 34.8. The first-order valence-corrected chi connectivity index (χ1v) is 15.5. The zero-order valence-electron chi connectivity index (χ0n) is 26.4. The molecule has 1 aliphatic rings. The molecule has 15 heteroatoms. The Morgan fingerprint density at radius 1 is 0.978 bits per heavy atom. The maximum atomic E-state index is 13.4. The highest BCUT2D eigenvalue weighted by atomic mass is 35.5. The van der Waals surface area contributed by atoms with Gasteiger partial charge in [-0.15, -0.1) is 5.10 Å². The van der Waals surface area contributed by atoms with E-state index in [0.717, 1.165) is 31.4 Å². The zero-order chi connectivity index (χ0) is 34.0. The SMILES string of the molecule is CC(C)(C)OC(=O)N(C(=O)OC(C)(C)C)c1nn(C(=O)O)c2ccc(NC(=O)N[C@@H](c3ccc(Cl)c(Cl)c3)[C@@H]3CCCCN3)cc12. The van der Waals surface area contributed by atoms with Crippen LogP contribution in [0.25, 0.3) is 10.9 Å². The summed E-state index contributed by atoms with van der Waals surface area (Å²) in [4.78, 5) is 52.7. The number of nitrogens with one attached hydrogen (secondary N) is 3. The summed E-state index contributed by atoms with van der Waals surface area (Å²) in [5.74, 6) is -0.356. The number of nitrogens with zero attached hydrogens (tertiary/aromatic N) is 3. The Bertz CT molecular complexity index is 1610. The van der Waals surface area contributed by atoms with Crippen molar-refractivity contribution < 1.29 is 33.8 Å². The molecule has 1 saturated heterocycles. The van der Waals surface area contributed by atoms with Gasteiger partial charge in [-0.25, -0.2) is 19.2 Å². The largest absolute Gasteiger partial charge is 0.463 e. The third-order valence-corrected chi connectivity index (χ3v) is 7.54. The number of halogens is 2. The molecule has 46 heavy (non-hydrogen) atoms. The summed E-state index contributed by atoms with van der Waals surface area (Å²) in [5, 5.41) is 24.0. The Morgan fingerprint density at radius 2 is 1.63 bits per heavy atom. The summed E-state index contributed by atoms with van der Waals surface area (Å²) >= 11 is 12.4. The van der Waals surface area contributed by atoms with Gasteiger partial charge in [0.05, 0.1) is 21.6 Å². The van der Waals surface area contributed by atoms with Crippen molar-refractivity contribution in [2.45, 2.75) is 84.1 Å². The van der Waals surface area contributed by atoms with E-state index >= 15 is 0 Å². The summed E-state index contributed by atoms with van der Waals surface area (Å²) in [5.41, 5.74) is -0.981. The van der Waals surface area contributed by atoms with Gasteiger partial charge in [0, 0.05) is 17.1 Å². The molecule has 0 bridgehead atoms. The van der Waals surface area contributed by atoms with Crippen LogP contribution in [0.5, 0.6) is 0 Å². The van der Waals surface area contributed by atoms with Gasteiger partial charge < -0.3 is 30.5 Å². The number of benzene rings is 2. The van der Waals surface area contributed by atoms with Crippen LogP contribution in [-0.2, 0) is 9.47 Å². The van der Waals surface area contributed by atoms with E-state index in [0.29, 0.717) is 19.6 Å². The highest BCUT2D eigenvalue weighted by molar-refractivity contribution is 6.42. The number of hydrogen-bond donors (Lipinski definition) is 4. The van der Waals surface area contributed by atoms with Crippen LogP contribution in [0.2, 0.25) is 10.0 Å². The summed E-state index contributed by atoms with van der Waals surface area (Å²) in [6, 6.07) is 8.38. The van der Waals surface area contributed by atoms with Crippen molar-refractivity contribution in [1.29, 1.82) is 0 Å². The second-order valence-electron chi connectivity index (χ2n) is 12.9. The number of carbonyl (C=O) groups is 4. The predicted molar refractivity (Wildman–Crippen MR) is 175 cm³/mol. The first-order valence-electron chi connectivity index (χ1n) is 14.7. The minimum absolute atomic E-state index is 0.0469. The number of carbonyl (C=O) groups excluding carboxylic acids is 3. The number of rotatable bonds is 5. The molecule has 1 aromatic heterocycles. The number of fused-ring (bicyclic) bond motifs is 1. The fraction of sp³-hybridized carbons (Fsp3) is 0.452. The maximum absolute atomic E-state index is 13.4. The van der Waals surface area contributed by atoms with Crippen LogP contribution in [-0.4, -0.2) is 63.0 Å². The van der Waals surface area contributed by atoms with Crippen LogP contribution in [0, 0.1) is 0 Å². The molecule has 0 aliphatic carbocycles. The van der Waals surface area contributed by atoms with Gasteiger partial charge in [-0.3, -0.25) is 0 Å². The van der Waals surface area contributed by atoms with E-state index in [1.54, 1.807) is 59.7 Å². The van der Waals surface area contributed by atoms with E-state index in [1.165, 1.54) is 18.2 Å². The summed E-state index contributed by atoms with van der Waals surface area (Å²) < 4.78 is 11.5. The number of carboxylic acid groups (broad SMARTS) is 1. The van der Waals surface area contributed by atoms with Crippen molar-refractivity contribution in [3.8, 4) is 0 Å². The van der Waals surface area contributed by atoms with Gasteiger partial charge in [0.2, 0.25) is 0 Å². The molecule has 1 fully saturated rings. The standard InChI is InChI=1S/C31H38Cl2N6O7/c1-30(2,3)45-28(43)38(29(44)46-31(4,5)6)25-19-16-18(11-13-23(19)39(37-25)27(41)42)35-26(40)36-24(22-9-7-8-14-34-22)17-10-12-20(32)21(33)15-17/h10-13,15-16,22,24,34H,7-9,14H2,1-6H3,(H,41,42)(H2,35,36,40)/t22-,24-/m0/s1. The smallest absolute Gasteiger partial charge is 0.432 e. The summed E-state index contributed by atoms with van der Waals surface area (Å²) in [6.45, 7) is 10.5. The molecule has 4 amide bonds. The van der Waals surface area contributed by atoms with Crippen molar-refractivity contribution >= 4 is 69.9 Å². The van der Waals surface area contributed by atoms with Gasteiger partial charge in [-0.05, 0) is 96.8 Å². The molecule has 0 spiro atoms. The second kappa shape index (κ2) is 13.7. The highest BCUT2D eigenvalue weighted by Gasteiger charge is 2.36. The summed E-state index contributed by atoms with van der Waals surface area (Å²) in [6.07, 6.45) is -0.893. The number of aromatic nitrogens is 2. The van der Waals surface area contributed by atoms with Gasteiger partial charge in [0.15, 0.2) is 5.82 Å². The van der Waals surface area contributed by atoms with Crippen LogP contribution in [0.15, 0.2) is 36.4 Å². The molecule has 2 heterocycles. The molecule has 0 saturated carbocycles. The van der Waals surface area contributed by atoms with Crippen molar-refractivity contribution in [3.63, 3.8) is 0 Å². The van der Waals surface area contributed by atoms with Gasteiger partial charge >= 0.3 is 24.3 Å². The molecule has 13 nitrogen and oxygen atoms in total. The highest BCUT2D eigenvalue weighted by Crippen LogP contribution is 2.33. The van der Waals surface area contributed by atoms with Crippen LogP contribution >= 0.6 is 23.2 Å². The van der Waals surface area contributed by atoms with E-state index in [-0.39, 0.29) is 28.5 Å². The van der Waals surface area contributed by atoms with Crippen molar-refractivity contribution in [2.24, 2.45) is 0 Å². The van der Waals surface area contributed by atoms with E-state index in [2.05, 4.69) is 21.0 Å². The monoisotopic (exact) mass is 676 g/mol. The summed E-state index contributed by atoms with van der Waals surface area (Å²) in [7, 11) is 0. The van der Waals surface area contributed by atoms with Crippen LogP contribution in [0.3, 0.4) is 0 Å². The lowest BCUT2D eigenvalue weighted by molar-refractivity contribution is 0.0428. The Labute approximate surface area is 276 Å². The quantitative estimate of drug-likeness (QED) is 0.213. The first-order chi connectivity index (χ1) is 21.4. The third kappa shape index (κ3) is 8.59. The van der Waals surface area contributed by atoms with Crippen LogP contribution in [0.1, 0.15) is 72.4 Å². The van der Waals surface area contributed by atoms with Crippen LogP contribution < -0.4 is 20.9 Å². The molecule has 1 aliphatic heterocycles. The number of urea groups is 1. The number of piperidine rings is 1. The lowest BCUT2D eigenvalue weighted by Gasteiger charge is -2.32. The predicted octanol–water partition coefficient (Wildman–Crippen LogP) is 7.55.